The van der Waals surface area contributed by atoms with Gasteiger partial charge < -0.3 is 0 Å². The average Bonchev–Trinajstić information content (AvgIpc) is 2.62. The van der Waals surface area contributed by atoms with Gasteiger partial charge in [0.2, 0.25) is 0 Å². The number of rotatable bonds is 1. The molecule has 0 radical (unpaired) electrons. The van der Waals surface area contributed by atoms with Crippen molar-refractivity contribution >= 4 is 29.0 Å². The van der Waals surface area contributed by atoms with E-state index in [4.69, 9.17) is 0 Å². The van der Waals surface area contributed by atoms with Crippen LogP contribution in [0.3, 0.4) is 0 Å². The zero-order valence-electron chi connectivity index (χ0n) is 12.7. The van der Waals surface area contributed by atoms with E-state index in [2.05, 4.69) is 91.0 Å². The average molecular weight is 291 g/mol. The molecule has 3 aromatic rings. The number of allylic oxidation sites excluding steroid dienone is 3. The molecule has 0 aromatic heterocycles. The summed E-state index contributed by atoms with van der Waals surface area (Å²) in [6.07, 6.45) is 11.2. The lowest BCUT2D eigenvalue weighted by molar-refractivity contribution is 1.29. The van der Waals surface area contributed by atoms with Crippen LogP contribution in [0.2, 0.25) is 0 Å². The van der Waals surface area contributed by atoms with Gasteiger partial charge in [-0.2, -0.15) is 0 Å². The predicted octanol–water partition coefficient (Wildman–Crippen LogP) is 5.90. The number of benzene rings is 3. The topological polar surface area (TPSA) is 0 Å². The first-order valence-corrected chi connectivity index (χ1v) is 7.96. The summed E-state index contributed by atoms with van der Waals surface area (Å²) in [6.45, 7) is 0. The summed E-state index contributed by atoms with van der Waals surface area (Å²) in [5.41, 5.74) is 6.53. The van der Waals surface area contributed by atoms with Gasteiger partial charge in [-0.15, -0.1) is 0 Å². The van der Waals surface area contributed by atoms with Gasteiger partial charge >= 0.3 is 0 Å². The van der Waals surface area contributed by atoms with Crippen molar-refractivity contribution in [3.8, 4) is 0 Å². The van der Waals surface area contributed by atoms with Gasteiger partial charge in [0.25, 0.3) is 0 Å². The largest absolute Gasteiger partial charge is 0.0814 e. The van der Waals surface area contributed by atoms with Gasteiger partial charge in [-0.25, -0.2) is 0 Å². The molecular weight excluding hydrogens is 276 g/mol. The van der Waals surface area contributed by atoms with E-state index in [-0.39, 0.29) is 0 Å². The van der Waals surface area contributed by atoms with E-state index < -0.39 is 0 Å². The third-order valence-corrected chi connectivity index (χ3v) is 4.68. The molecule has 0 heteroatoms. The van der Waals surface area contributed by atoms with Crippen molar-refractivity contribution in [3.63, 3.8) is 0 Å². The van der Waals surface area contributed by atoms with Crippen LogP contribution in [-0.2, 0) is 0 Å². The van der Waals surface area contributed by atoms with Crippen molar-refractivity contribution in [2.24, 2.45) is 0 Å². The van der Waals surface area contributed by atoms with Crippen LogP contribution in [0.1, 0.15) is 22.3 Å². The summed E-state index contributed by atoms with van der Waals surface area (Å²) in [5, 5.41) is 2.70. The van der Waals surface area contributed by atoms with E-state index in [0.717, 1.165) is 0 Å². The Bertz CT molecular complexity index is 1000. The van der Waals surface area contributed by atoms with Gasteiger partial charge in [0.15, 0.2) is 0 Å². The molecule has 106 valence electrons. The van der Waals surface area contributed by atoms with Crippen LogP contribution in [0.4, 0.5) is 0 Å². The summed E-state index contributed by atoms with van der Waals surface area (Å²) in [5.74, 6) is 1.33. The van der Waals surface area contributed by atoms with Crippen molar-refractivity contribution in [3.05, 3.63) is 107 Å². The molecule has 2 aliphatic carbocycles. The molecular formula is C23H15+. The molecule has 5 rings (SSSR count). The molecule has 0 nitrogen and oxygen atoms in total. The second-order valence-electron chi connectivity index (χ2n) is 6.07. The lowest BCUT2D eigenvalue weighted by Crippen LogP contribution is -2.09. The molecule has 0 spiro atoms. The van der Waals surface area contributed by atoms with Crippen LogP contribution in [0.5, 0.6) is 0 Å². The Labute approximate surface area is 136 Å². The van der Waals surface area contributed by atoms with Crippen LogP contribution in [-0.4, -0.2) is 0 Å². The summed E-state index contributed by atoms with van der Waals surface area (Å²) in [4.78, 5) is 0. The second kappa shape index (κ2) is 4.76. The highest BCUT2D eigenvalue weighted by Gasteiger charge is 2.31. The molecule has 0 N–H and O–H groups in total. The fourth-order valence-electron chi connectivity index (χ4n) is 3.61. The van der Waals surface area contributed by atoms with Crippen LogP contribution in [0.25, 0.3) is 29.0 Å². The molecule has 23 heavy (non-hydrogen) atoms. The van der Waals surface area contributed by atoms with E-state index in [1.54, 1.807) is 0 Å². The third kappa shape index (κ3) is 1.89. The van der Waals surface area contributed by atoms with E-state index in [0.29, 0.717) is 0 Å². The minimum atomic E-state index is 1.24. The predicted molar refractivity (Wildman–Crippen MR) is 98.8 cm³/mol. The smallest absolute Gasteiger partial charge is 0.0622 e. The summed E-state index contributed by atoms with van der Waals surface area (Å²) >= 11 is 0. The molecule has 0 bridgehead atoms. The van der Waals surface area contributed by atoms with Gasteiger partial charge in [-0.05, 0) is 42.5 Å². The fraction of sp³-hybridized carbons (Fsp3) is 0. The first kappa shape index (κ1) is 12.5. The van der Waals surface area contributed by atoms with Crippen LogP contribution < -0.4 is 0 Å². The van der Waals surface area contributed by atoms with Crippen LogP contribution in [0, 0.1) is 5.92 Å². The maximum atomic E-state index is 2.27. The monoisotopic (exact) mass is 291 g/mol. The second-order valence-corrected chi connectivity index (χ2v) is 6.07. The van der Waals surface area contributed by atoms with Gasteiger partial charge in [0.05, 0.1) is 22.4 Å². The van der Waals surface area contributed by atoms with Crippen molar-refractivity contribution in [2.75, 3.05) is 0 Å². The molecule has 0 saturated carbocycles. The minimum absolute atomic E-state index is 1.24. The Morgan fingerprint density at radius 1 is 0.696 bits per heavy atom. The lowest BCUT2D eigenvalue weighted by atomic mass is 9.76. The molecule has 0 heterocycles. The number of hydrogen-bond donors (Lipinski definition) is 0. The van der Waals surface area contributed by atoms with E-state index >= 15 is 0 Å². The molecule has 0 fully saturated rings. The maximum Gasteiger partial charge on any atom is 0.0814 e. The highest BCUT2D eigenvalue weighted by Crippen LogP contribution is 2.43. The molecule has 0 unspecified atom stereocenters. The van der Waals surface area contributed by atoms with Gasteiger partial charge in [-0.1, -0.05) is 24.3 Å². The SMILES string of the molecule is C1=Cc2ccc3cccc4c3c2[C+](C=C4)/C1=C/c1ccccc1. The third-order valence-electron chi connectivity index (χ3n) is 4.68. The molecule has 0 atom stereocenters. The molecule has 0 saturated heterocycles. The Morgan fingerprint density at radius 3 is 2.52 bits per heavy atom. The maximum absolute atomic E-state index is 2.27. The zero-order chi connectivity index (χ0) is 15.2. The Balaban J connectivity index is 1.76. The Kier molecular flexibility index (Phi) is 2.59. The van der Waals surface area contributed by atoms with E-state index in [9.17, 15) is 0 Å². The molecule has 0 aliphatic heterocycles. The van der Waals surface area contributed by atoms with Crippen molar-refractivity contribution in [1.29, 1.82) is 0 Å². The van der Waals surface area contributed by atoms with Crippen molar-refractivity contribution in [1.82, 2.24) is 0 Å². The Hall–Kier alpha value is -2.99. The van der Waals surface area contributed by atoms with Gasteiger partial charge in [-0.3, -0.25) is 0 Å². The molecule has 3 aromatic carbocycles. The highest BCUT2D eigenvalue weighted by atomic mass is 14.3. The summed E-state index contributed by atoms with van der Waals surface area (Å²) in [6, 6.07) is 21.5. The molecule has 2 aliphatic rings. The quantitative estimate of drug-likeness (QED) is 0.490. The molecule has 0 amide bonds. The van der Waals surface area contributed by atoms with Crippen molar-refractivity contribution in [2.45, 2.75) is 0 Å². The first-order valence-electron chi connectivity index (χ1n) is 7.96. The van der Waals surface area contributed by atoms with Gasteiger partial charge in [0.1, 0.15) is 0 Å². The van der Waals surface area contributed by atoms with Crippen LogP contribution >= 0.6 is 0 Å². The minimum Gasteiger partial charge on any atom is -0.0622 e. The summed E-state index contributed by atoms with van der Waals surface area (Å²) < 4.78 is 0. The summed E-state index contributed by atoms with van der Waals surface area (Å²) in [7, 11) is 0. The lowest BCUT2D eigenvalue weighted by Gasteiger charge is -2.21. The van der Waals surface area contributed by atoms with Crippen molar-refractivity contribution < 1.29 is 0 Å². The first-order chi connectivity index (χ1) is 11.4. The van der Waals surface area contributed by atoms with E-state index in [1.165, 1.54) is 44.5 Å². The normalized spacial score (nSPS) is 16.3. The highest BCUT2D eigenvalue weighted by molar-refractivity contribution is 6.02. The zero-order valence-corrected chi connectivity index (χ0v) is 12.7. The van der Waals surface area contributed by atoms with E-state index in [1.807, 2.05) is 0 Å². The van der Waals surface area contributed by atoms with Crippen LogP contribution in [0.15, 0.2) is 78.4 Å². The van der Waals surface area contributed by atoms with Gasteiger partial charge in [0, 0.05) is 46.4 Å². The standard InChI is InChI=1S/C23H15/c1-2-5-16(6-3-1)15-20-12-11-19-10-9-17-7-4-8-18-13-14-21(20)23(19)22(17)18/h1-15H/q+1/b20-15+. The Morgan fingerprint density at radius 2 is 1.61 bits per heavy atom. The number of hydrogen-bond acceptors (Lipinski definition) is 0. The fourth-order valence-corrected chi connectivity index (χ4v) is 3.61.